The SMILES string of the molecule is Cc1cc(NC(=O)COC(=O)c2ccc([N+](=O)[O-])cc2)ccc1Cl. The molecule has 2 aromatic carbocycles. The van der Waals surface area contributed by atoms with E-state index in [2.05, 4.69) is 5.32 Å². The summed E-state index contributed by atoms with van der Waals surface area (Å²) in [6.45, 7) is 1.32. The molecule has 0 aliphatic heterocycles. The van der Waals surface area contributed by atoms with Gasteiger partial charge in [0.2, 0.25) is 0 Å². The largest absolute Gasteiger partial charge is 0.452 e. The Hall–Kier alpha value is -2.93. The Morgan fingerprint density at radius 1 is 1.21 bits per heavy atom. The molecule has 124 valence electrons. The van der Waals surface area contributed by atoms with Crippen LogP contribution in [0.25, 0.3) is 0 Å². The van der Waals surface area contributed by atoms with Gasteiger partial charge in [-0.1, -0.05) is 11.6 Å². The first-order valence-corrected chi connectivity index (χ1v) is 7.22. The van der Waals surface area contributed by atoms with Crippen molar-refractivity contribution in [1.29, 1.82) is 0 Å². The van der Waals surface area contributed by atoms with E-state index in [9.17, 15) is 19.7 Å². The van der Waals surface area contributed by atoms with Crippen molar-refractivity contribution >= 4 is 34.9 Å². The van der Waals surface area contributed by atoms with Crippen LogP contribution >= 0.6 is 11.6 Å². The second kappa shape index (κ2) is 7.56. The van der Waals surface area contributed by atoms with E-state index in [0.29, 0.717) is 10.7 Å². The lowest BCUT2D eigenvalue weighted by molar-refractivity contribution is -0.384. The van der Waals surface area contributed by atoms with Crippen molar-refractivity contribution in [3.8, 4) is 0 Å². The number of carbonyl (C=O) groups is 2. The molecule has 0 aromatic heterocycles. The van der Waals surface area contributed by atoms with E-state index >= 15 is 0 Å². The van der Waals surface area contributed by atoms with Gasteiger partial charge < -0.3 is 10.1 Å². The minimum Gasteiger partial charge on any atom is -0.452 e. The standard InChI is InChI=1S/C16H13ClN2O5/c1-10-8-12(4-7-14(10)17)18-15(20)9-24-16(21)11-2-5-13(6-3-11)19(22)23/h2-8H,9H2,1H3,(H,18,20). The summed E-state index contributed by atoms with van der Waals surface area (Å²) >= 11 is 5.89. The molecule has 2 rings (SSSR count). The first-order chi connectivity index (χ1) is 11.4. The van der Waals surface area contributed by atoms with E-state index in [0.717, 1.165) is 5.56 Å². The van der Waals surface area contributed by atoms with Gasteiger partial charge in [-0.15, -0.1) is 0 Å². The van der Waals surface area contributed by atoms with Crippen LogP contribution in [-0.4, -0.2) is 23.4 Å². The number of esters is 1. The van der Waals surface area contributed by atoms with Crippen molar-refractivity contribution in [2.45, 2.75) is 6.92 Å². The van der Waals surface area contributed by atoms with Crippen LogP contribution in [0.4, 0.5) is 11.4 Å². The normalized spacial score (nSPS) is 10.1. The van der Waals surface area contributed by atoms with Crippen molar-refractivity contribution in [2.75, 3.05) is 11.9 Å². The number of benzene rings is 2. The third-order valence-electron chi connectivity index (χ3n) is 3.09. The molecule has 24 heavy (non-hydrogen) atoms. The first-order valence-electron chi connectivity index (χ1n) is 6.84. The molecular formula is C16H13ClN2O5. The lowest BCUT2D eigenvalue weighted by Crippen LogP contribution is -2.21. The van der Waals surface area contributed by atoms with E-state index in [1.165, 1.54) is 24.3 Å². The number of hydrogen-bond acceptors (Lipinski definition) is 5. The second-order valence-corrected chi connectivity index (χ2v) is 5.30. The molecule has 0 fully saturated rings. The number of halogens is 1. The number of rotatable bonds is 5. The Morgan fingerprint density at radius 3 is 2.46 bits per heavy atom. The van der Waals surface area contributed by atoms with Crippen LogP contribution in [0.2, 0.25) is 5.02 Å². The van der Waals surface area contributed by atoms with Gasteiger partial charge in [0.05, 0.1) is 10.5 Å². The second-order valence-electron chi connectivity index (χ2n) is 4.89. The molecule has 1 N–H and O–H groups in total. The van der Waals surface area contributed by atoms with Gasteiger partial charge in [-0.25, -0.2) is 4.79 Å². The van der Waals surface area contributed by atoms with Crippen molar-refractivity contribution in [3.63, 3.8) is 0 Å². The van der Waals surface area contributed by atoms with Gasteiger partial charge in [-0.3, -0.25) is 14.9 Å². The number of aryl methyl sites for hydroxylation is 1. The zero-order chi connectivity index (χ0) is 17.7. The number of non-ortho nitro benzene ring substituents is 1. The van der Waals surface area contributed by atoms with Crippen LogP contribution in [0.1, 0.15) is 15.9 Å². The summed E-state index contributed by atoms with van der Waals surface area (Å²) in [7, 11) is 0. The van der Waals surface area contributed by atoms with Gasteiger partial charge in [0.1, 0.15) is 0 Å². The fourth-order valence-corrected chi connectivity index (χ4v) is 1.97. The minimum atomic E-state index is -0.743. The molecular weight excluding hydrogens is 336 g/mol. The Balaban J connectivity index is 1.89. The molecule has 0 aliphatic carbocycles. The summed E-state index contributed by atoms with van der Waals surface area (Å²) in [6, 6.07) is 9.88. The zero-order valence-corrected chi connectivity index (χ0v) is 13.4. The number of ether oxygens (including phenoxy) is 1. The fraction of sp³-hybridized carbons (Fsp3) is 0.125. The summed E-state index contributed by atoms with van der Waals surface area (Å²) in [5.41, 5.74) is 1.32. The molecule has 7 nitrogen and oxygen atoms in total. The van der Waals surface area contributed by atoms with Crippen LogP contribution in [0.15, 0.2) is 42.5 Å². The monoisotopic (exact) mass is 348 g/mol. The third kappa shape index (κ3) is 4.53. The van der Waals surface area contributed by atoms with E-state index in [4.69, 9.17) is 16.3 Å². The highest BCUT2D eigenvalue weighted by Gasteiger charge is 2.12. The van der Waals surface area contributed by atoms with Gasteiger partial charge >= 0.3 is 5.97 Å². The number of nitrogens with one attached hydrogen (secondary N) is 1. The number of amides is 1. The summed E-state index contributed by atoms with van der Waals surface area (Å²) in [5, 5.41) is 13.7. The first kappa shape index (κ1) is 17.4. The fourth-order valence-electron chi connectivity index (χ4n) is 1.85. The van der Waals surface area contributed by atoms with Crippen LogP contribution in [0.3, 0.4) is 0 Å². The number of anilines is 1. The Kier molecular flexibility index (Phi) is 5.49. The highest BCUT2D eigenvalue weighted by atomic mass is 35.5. The van der Waals surface area contributed by atoms with Crippen LogP contribution in [0.5, 0.6) is 0 Å². The maximum Gasteiger partial charge on any atom is 0.338 e. The van der Waals surface area contributed by atoms with Crippen molar-refractivity contribution in [1.82, 2.24) is 0 Å². The molecule has 0 radical (unpaired) electrons. The molecule has 8 heteroatoms. The number of nitro groups is 1. The van der Waals surface area contributed by atoms with Crippen molar-refractivity contribution in [3.05, 3.63) is 68.7 Å². The third-order valence-corrected chi connectivity index (χ3v) is 3.51. The summed E-state index contributed by atoms with van der Waals surface area (Å²) < 4.78 is 4.87. The maximum atomic E-state index is 11.8. The molecule has 0 atom stereocenters. The van der Waals surface area contributed by atoms with Crippen LogP contribution in [-0.2, 0) is 9.53 Å². The molecule has 0 unspecified atom stereocenters. The average molecular weight is 349 g/mol. The summed E-state index contributed by atoms with van der Waals surface area (Å²) in [4.78, 5) is 33.5. The predicted molar refractivity (Wildman–Crippen MR) is 88.2 cm³/mol. The van der Waals surface area contributed by atoms with E-state index < -0.39 is 23.4 Å². The smallest absolute Gasteiger partial charge is 0.338 e. The molecule has 0 bridgehead atoms. The molecule has 1 amide bonds. The quantitative estimate of drug-likeness (QED) is 0.507. The molecule has 0 saturated heterocycles. The Morgan fingerprint density at radius 2 is 1.88 bits per heavy atom. The zero-order valence-electron chi connectivity index (χ0n) is 12.6. The lowest BCUT2D eigenvalue weighted by Gasteiger charge is -2.08. The number of nitrogens with zero attached hydrogens (tertiary/aromatic N) is 1. The van der Waals surface area contributed by atoms with Crippen molar-refractivity contribution in [2.24, 2.45) is 0 Å². The van der Waals surface area contributed by atoms with Crippen LogP contribution in [0, 0.1) is 17.0 Å². The molecule has 0 heterocycles. The van der Waals surface area contributed by atoms with Crippen LogP contribution < -0.4 is 5.32 Å². The molecule has 0 spiro atoms. The molecule has 0 aliphatic rings. The van der Waals surface area contributed by atoms with E-state index in [1.54, 1.807) is 25.1 Å². The molecule has 0 saturated carbocycles. The maximum absolute atomic E-state index is 11.8. The van der Waals surface area contributed by atoms with Gasteiger partial charge in [0.25, 0.3) is 11.6 Å². The Bertz CT molecular complexity index is 790. The van der Waals surface area contributed by atoms with Gasteiger partial charge in [0.15, 0.2) is 6.61 Å². The van der Waals surface area contributed by atoms with E-state index in [-0.39, 0.29) is 11.3 Å². The van der Waals surface area contributed by atoms with Gasteiger partial charge in [0, 0.05) is 22.8 Å². The topological polar surface area (TPSA) is 98.5 Å². The Labute approximate surface area is 142 Å². The molecule has 2 aromatic rings. The van der Waals surface area contributed by atoms with Gasteiger partial charge in [-0.05, 0) is 42.8 Å². The highest BCUT2D eigenvalue weighted by Crippen LogP contribution is 2.19. The summed E-state index contributed by atoms with van der Waals surface area (Å²) in [6.07, 6.45) is 0. The van der Waals surface area contributed by atoms with E-state index in [1.807, 2.05) is 0 Å². The average Bonchev–Trinajstić information content (AvgIpc) is 2.56. The number of nitro benzene ring substituents is 1. The predicted octanol–water partition coefficient (Wildman–Crippen LogP) is 3.35. The summed E-state index contributed by atoms with van der Waals surface area (Å²) in [5.74, 6) is -1.25. The number of carbonyl (C=O) groups excluding carboxylic acids is 2. The lowest BCUT2D eigenvalue weighted by atomic mass is 10.2. The number of hydrogen-bond donors (Lipinski definition) is 1. The minimum absolute atomic E-state index is 0.121. The van der Waals surface area contributed by atoms with Gasteiger partial charge in [-0.2, -0.15) is 0 Å². The highest BCUT2D eigenvalue weighted by molar-refractivity contribution is 6.31. The van der Waals surface area contributed by atoms with Crippen molar-refractivity contribution < 1.29 is 19.2 Å².